The van der Waals surface area contributed by atoms with Gasteiger partial charge in [-0.2, -0.15) is 0 Å². The van der Waals surface area contributed by atoms with Crippen LogP contribution in [0, 0.1) is 5.41 Å². The molecule has 5 nitrogen and oxygen atoms in total. The number of nitrogens with zero attached hydrogens (tertiary/aromatic N) is 2. The van der Waals surface area contributed by atoms with Crippen molar-refractivity contribution < 1.29 is 9.53 Å². The molecule has 5 heteroatoms. The first kappa shape index (κ1) is 17.0. The summed E-state index contributed by atoms with van der Waals surface area (Å²) in [5, 5.41) is 3.47. The van der Waals surface area contributed by atoms with Crippen molar-refractivity contribution in [3.8, 4) is 5.75 Å². The third kappa shape index (κ3) is 3.73. The lowest BCUT2D eigenvalue weighted by Gasteiger charge is -2.38. The number of piperidine rings is 1. The fourth-order valence-electron chi connectivity index (χ4n) is 3.92. The third-order valence-corrected chi connectivity index (χ3v) is 5.66. The van der Waals surface area contributed by atoms with Crippen LogP contribution >= 0.6 is 0 Å². The van der Waals surface area contributed by atoms with Gasteiger partial charge in [0, 0.05) is 31.4 Å². The van der Waals surface area contributed by atoms with E-state index in [0.717, 1.165) is 56.0 Å². The number of carbonyl (C=O) groups excluding carboxylic acids is 1. The smallest absolute Gasteiger partial charge is 0.253 e. The first-order valence-corrected chi connectivity index (χ1v) is 9.37. The van der Waals surface area contributed by atoms with Crippen LogP contribution in [0.15, 0.2) is 48.7 Å². The van der Waals surface area contributed by atoms with E-state index in [0.29, 0.717) is 12.0 Å². The minimum Gasteiger partial charge on any atom is -0.487 e. The quantitative estimate of drug-likeness (QED) is 0.920. The summed E-state index contributed by atoms with van der Waals surface area (Å²) >= 11 is 0. The number of amides is 1. The molecule has 0 radical (unpaired) electrons. The minimum atomic E-state index is 0.127. The molecule has 0 bridgehead atoms. The maximum atomic E-state index is 12.8. The van der Waals surface area contributed by atoms with Crippen molar-refractivity contribution in [1.29, 1.82) is 0 Å². The van der Waals surface area contributed by atoms with Gasteiger partial charge in [0.05, 0.1) is 5.69 Å². The van der Waals surface area contributed by atoms with E-state index in [-0.39, 0.29) is 5.91 Å². The first-order chi connectivity index (χ1) is 12.7. The molecule has 2 aliphatic rings. The zero-order chi connectivity index (χ0) is 17.8. The van der Waals surface area contributed by atoms with E-state index in [1.807, 2.05) is 47.4 Å². The molecule has 0 atom stereocenters. The maximum Gasteiger partial charge on any atom is 0.253 e. The van der Waals surface area contributed by atoms with Crippen molar-refractivity contribution >= 4 is 5.91 Å². The lowest BCUT2D eigenvalue weighted by atomic mass is 9.78. The molecule has 2 saturated heterocycles. The number of benzene rings is 1. The van der Waals surface area contributed by atoms with Gasteiger partial charge in [-0.3, -0.25) is 9.78 Å². The molecule has 1 spiro atoms. The Balaban J connectivity index is 1.32. The molecule has 0 unspecified atom stereocenters. The van der Waals surface area contributed by atoms with Crippen molar-refractivity contribution in [3.63, 3.8) is 0 Å². The van der Waals surface area contributed by atoms with Crippen LogP contribution in [0.2, 0.25) is 0 Å². The Bertz CT molecular complexity index is 730. The molecule has 1 N–H and O–H groups in total. The largest absolute Gasteiger partial charge is 0.487 e. The Hall–Kier alpha value is -2.40. The summed E-state index contributed by atoms with van der Waals surface area (Å²) in [5.74, 6) is 0.879. The average Bonchev–Trinajstić information content (AvgIpc) is 3.16. The van der Waals surface area contributed by atoms with E-state index in [9.17, 15) is 4.79 Å². The van der Waals surface area contributed by atoms with Crippen LogP contribution in [-0.4, -0.2) is 42.0 Å². The van der Waals surface area contributed by atoms with E-state index in [1.165, 1.54) is 6.42 Å². The van der Waals surface area contributed by atoms with Gasteiger partial charge in [0.25, 0.3) is 5.91 Å². The Labute approximate surface area is 154 Å². The monoisotopic (exact) mass is 351 g/mol. The molecule has 2 fully saturated rings. The van der Waals surface area contributed by atoms with Gasteiger partial charge < -0.3 is 15.0 Å². The summed E-state index contributed by atoms with van der Waals surface area (Å²) in [5.41, 5.74) is 2.05. The number of ether oxygens (including phenoxy) is 1. The Morgan fingerprint density at radius 2 is 1.92 bits per heavy atom. The van der Waals surface area contributed by atoms with E-state index < -0.39 is 0 Å². The van der Waals surface area contributed by atoms with E-state index in [1.54, 1.807) is 6.20 Å². The molecule has 26 heavy (non-hydrogen) atoms. The van der Waals surface area contributed by atoms with E-state index in [4.69, 9.17) is 4.74 Å². The van der Waals surface area contributed by atoms with Gasteiger partial charge in [-0.25, -0.2) is 0 Å². The standard InChI is InChI=1S/C21H25N3O2/c25-20(24-13-9-21(10-14-24)8-12-22-16-21)17-4-6-19(7-5-17)26-15-18-3-1-2-11-23-18/h1-7,11,22H,8-10,12-16H2. The van der Waals surface area contributed by atoms with Gasteiger partial charge in [-0.05, 0) is 67.6 Å². The van der Waals surface area contributed by atoms with Gasteiger partial charge in [-0.1, -0.05) is 6.07 Å². The highest BCUT2D eigenvalue weighted by Gasteiger charge is 2.38. The molecule has 1 aromatic carbocycles. The summed E-state index contributed by atoms with van der Waals surface area (Å²) in [6.45, 7) is 4.37. The van der Waals surface area contributed by atoms with Crippen molar-refractivity contribution in [1.82, 2.24) is 15.2 Å². The lowest BCUT2D eigenvalue weighted by Crippen LogP contribution is -2.44. The Morgan fingerprint density at radius 3 is 2.58 bits per heavy atom. The van der Waals surface area contributed by atoms with Crippen molar-refractivity contribution in [2.24, 2.45) is 5.41 Å². The number of aromatic nitrogens is 1. The predicted molar refractivity (Wildman–Crippen MR) is 100 cm³/mol. The number of rotatable bonds is 4. The number of likely N-dealkylation sites (tertiary alicyclic amines) is 1. The van der Waals surface area contributed by atoms with Crippen molar-refractivity contribution in [2.45, 2.75) is 25.9 Å². The second kappa shape index (κ2) is 7.46. The van der Waals surface area contributed by atoms with Crippen LogP contribution in [0.4, 0.5) is 0 Å². The molecule has 2 aliphatic heterocycles. The van der Waals surface area contributed by atoms with Crippen LogP contribution in [0.1, 0.15) is 35.3 Å². The number of hydrogen-bond donors (Lipinski definition) is 1. The lowest BCUT2D eigenvalue weighted by molar-refractivity contribution is 0.0607. The molecule has 4 rings (SSSR count). The van der Waals surface area contributed by atoms with Crippen molar-refractivity contribution in [2.75, 3.05) is 26.2 Å². The van der Waals surface area contributed by atoms with Gasteiger partial charge in [0.15, 0.2) is 0 Å². The molecular formula is C21H25N3O2. The molecule has 2 aromatic rings. The Kier molecular flexibility index (Phi) is 4.89. The summed E-state index contributed by atoms with van der Waals surface area (Å²) in [6, 6.07) is 13.2. The van der Waals surface area contributed by atoms with Gasteiger partial charge in [0.2, 0.25) is 0 Å². The van der Waals surface area contributed by atoms with Gasteiger partial charge in [-0.15, -0.1) is 0 Å². The fourth-order valence-corrected chi connectivity index (χ4v) is 3.92. The number of carbonyl (C=O) groups is 1. The summed E-state index contributed by atoms with van der Waals surface area (Å²) in [7, 11) is 0. The summed E-state index contributed by atoms with van der Waals surface area (Å²) in [4.78, 5) is 19.0. The molecule has 0 aliphatic carbocycles. The average molecular weight is 351 g/mol. The first-order valence-electron chi connectivity index (χ1n) is 9.37. The highest BCUT2D eigenvalue weighted by molar-refractivity contribution is 5.94. The Morgan fingerprint density at radius 1 is 1.12 bits per heavy atom. The van der Waals surface area contributed by atoms with Crippen LogP contribution < -0.4 is 10.1 Å². The summed E-state index contributed by atoms with van der Waals surface area (Å²) < 4.78 is 5.74. The third-order valence-electron chi connectivity index (χ3n) is 5.66. The molecular weight excluding hydrogens is 326 g/mol. The molecule has 3 heterocycles. The maximum absolute atomic E-state index is 12.8. The molecule has 1 amide bonds. The van der Waals surface area contributed by atoms with Crippen molar-refractivity contribution in [3.05, 3.63) is 59.9 Å². The molecule has 136 valence electrons. The minimum absolute atomic E-state index is 0.127. The molecule has 1 aromatic heterocycles. The number of hydrogen-bond acceptors (Lipinski definition) is 4. The zero-order valence-electron chi connectivity index (χ0n) is 15.0. The van der Waals surface area contributed by atoms with E-state index >= 15 is 0 Å². The van der Waals surface area contributed by atoms with Crippen LogP contribution in [0.3, 0.4) is 0 Å². The van der Waals surface area contributed by atoms with Crippen LogP contribution in [0.5, 0.6) is 5.75 Å². The number of nitrogens with one attached hydrogen (secondary N) is 1. The fraction of sp³-hybridized carbons (Fsp3) is 0.429. The molecule has 0 saturated carbocycles. The van der Waals surface area contributed by atoms with Crippen LogP contribution in [0.25, 0.3) is 0 Å². The topological polar surface area (TPSA) is 54.5 Å². The highest BCUT2D eigenvalue weighted by Crippen LogP contribution is 2.37. The predicted octanol–water partition coefficient (Wildman–Crippen LogP) is 2.88. The number of pyridine rings is 1. The normalized spacial score (nSPS) is 18.8. The van der Waals surface area contributed by atoms with Crippen LogP contribution in [-0.2, 0) is 6.61 Å². The second-order valence-corrected chi connectivity index (χ2v) is 7.35. The van der Waals surface area contributed by atoms with Gasteiger partial charge >= 0.3 is 0 Å². The highest BCUT2D eigenvalue weighted by atomic mass is 16.5. The van der Waals surface area contributed by atoms with Gasteiger partial charge in [0.1, 0.15) is 12.4 Å². The second-order valence-electron chi connectivity index (χ2n) is 7.35. The SMILES string of the molecule is O=C(c1ccc(OCc2ccccn2)cc1)N1CCC2(CCNC2)CC1. The van der Waals surface area contributed by atoms with E-state index in [2.05, 4.69) is 10.3 Å². The summed E-state index contributed by atoms with van der Waals surface area (Å²) in [6.07, 6.45) is 5.22. The zero-order valence-corrected chi connectivity index (χ0v) is 15.0.